The second kappa shape index (κ2) is 9.16. The van der Waals surface area contributed by atoms with E-state index in [0.717, 1.165) is 5.56 Å². The Morgan fingerprint density at radius 1 is 1.07 bits per heavy atom. The third-order valence-corrected chi connectivity index (χ3v) is 6.04. The first-order valence-electron chi connectivity index (χ1n) is 10.1. The zero-order valence-corrected chi connectivity index (χ0v) is 17.4. The van der Waals surface area contributed by atoms with Crippen LogP contribution in [0.15, 0.2) is 36.5 Å². The van der Waals surface area contributed by atoms with Crippen LogP contribution in [-0.2, 0) is 31.0 Å². The lowest BCUT2D eigenvalue weighted by atomic mass is 9.73. The van der Waals surface area contributed by atoms with Crippen molar-refractivity contribution in [2.24, 2.45) is 0 Å². The Morgan fingerprint density at radius 2 is 1.77 bits per heavy atom. The Bertz CT molecular complexity index is 904. The predicted molar refractivity (Wildman–Crippen MR) is 111 cm³/mol. The molecule has 2 fully saturated rings. The van der Waals surface area contributed by atoms with Crippen molar-refractivity contribution in [3.05, 3.63) is 47.1 Å². The summed E-state index contributed by atoms with van der Waals surface area (Å²) in [5, 5.41) is 7.86. The van der Waals surface area contributed by atoms with E-state index >= 15 is 0 Å². The summed E-state index contributed by atoms with van der Waals surface area (Å²) in [6.45, 7) is 3.39. The van der Waals surface area contributed by atoms with Crippen LogP contribution >= 0.6 is 11.6 Å². The van der Waals surface area contributed by atoms with Gasteiger partial charge in [0, 0.05) is 43.6 Å². The van der Waals surface area contributed by atoms with Gasteiger partial charge in [-0.2, -0.15) is 5.10 Å². The summed E-state index contributed by atoms with van der Waals surface area (Å²) in [5.74, 6) is 0.229. The number of morpholine rings is 1. The van der Waals surface area contributed by atoms with E-state index in [0.29, 0.717) is 63.2 Å². The molecule has 8 nitrogen and oxygen atoms in total. The maximum Gasteiger partial charge on any atom is 0.244 e. The van der Waals surface area contributed by atoms with Gasteiger partial charge in [0.1, 0.15) is 6.54 Å². The molecule has 0 radical (unpaired) electrons. The van der Waals surface area contributed by atoms with Crippen molar-refractivity contribution in [1.29, 1.82) is 0 Å². The second-order valence-corrected chi connectivity index (χ2v) is 7.93. The highest BCUT2D eigenvalue weighted by molar-refractivity contribution is 6.31. The number of hydrogen-bond donors (Lipinski definition) is 1. The van der Waals surface area contributed by atoms with Gasteiger partial charge >= 0.3 is 0 Å². The maximum atomic E-state index is 13.4. The molecule has 160 valence electrons. The van der Waals surface area contributed by atoms with Crippen LogP contribution in [0.25, 0.3) is 0 Å². The topological polar surface area (TPSA) is 85.7 Å². The van der Waals surface area contributed by atoms with Gasteiger partial charge < -0.3 is 19.7 Å². The summed E-state index contributed by atoms with van der Waals surface area (Å²) < 4.78 is 12.3. The number of benzene rings is 1. The Hall–Kier alpha value is -2.42. The minimum absolute atomic E-state index is 0.0174. The van der Waals surface area contributed by atoms with Crippen LogP contribution in [0.3, 0.4) is 0 Å². The molecular formula is C21H25ClN4O4. The number of carbonyl (C=O) groups is 2. The molecule has 2 saturated heterocycles. The molecule has 4 rings (SSSR count). The summed E-state index contributed by atoms with van der Waals surface area (Å²) in [7, 11) is 0. The molecule has 1 aromatic heterocycles. The highest BCUT2D eigenvalue weighted by atomic mass is 35.5. The molecule has 2 amide bonds. The minimum Gasteiger partial charge on any atom is -0.381 e. The lowest BCUT2D eigenvalue weighted by Gasteiger charge is -2.36. The molecule has 0 aliphatic carbocycles. The van der Waals surface area contributed by atoms with Gasteiger partial charge in [0.15, 0.2) is 5.82 Å². The van der Waals surface area contributed by atoms with Crippen LogP contribution in [0.2, 0.25) is 5.02 Å². The Kier molecular flexibility index (Phi) is 6.36. The fourth-order valence-corrected chi connectivity index (χ4v) is 4.31. The Balaban J connectivity index is 1.47. The van der Waals surface area contributed by atoms with Gasteiger partial charge in [0.25, 0.3) is 0 Å². The van der Waals surface area contributed by atoms with E-state index in [1.165, 1.54) is 0 Å². The number of carbonyl (C=O) groups excluding carboxylic acids is 2. The van der Waals surface area contributed by atoms with Crippen molar-refractivity contribution < 1.29 is 19.1 Å². The van der Waals surface area contributed by atoms with Crippen LogP contribution in [0.5, 0.6) is 0 Å². The van der Waals surface area contributed by atoms with Crippen LogP contribution in [0.4, 0.5) is 5.82 Å². The van der Waals surface area contributed by atoms with Crippen molar-refractivity contribution in [3.63, 3.8) is 0 Å². The average Bonchev–Trinajstić information content (AvgIpc) is 3.21. The van der Waals surface area contributed by atoms with Crippen LogP contribution in [0.1, 0.15) is 18.4 Å². The average molecular weight is 433 g/mol. The van der Waals surface area contributed by atoms with E-state index in [9.17, 15) is 9.59 Å². The Morgan fingerprint density at radius 3 is 2.50 bits per heavy atom. The molecule has 2 aliphatic heterocycles. The summed E-state index contributed by atoms with van der Waals surface area (Å²) in [6, 6.07) is 9.13. The number of hydrogen-bond acceptors (Lipinski definition) is 5. The van der Waals surface area contributed by atoms with Crippen LogP contribution < -0.4 is 5.32 Å². The summed E-state index contributed by atoms with van der Waals surface area (Å²) >= 11 is 6.44. The molecule has 9 heteroatoms. The molecule has 1 N–H and O–H groups in total. The van der Waals surface area contributed by atoms with Crippen molar-refractivity contribution in [1.82, 2.24) is 14.7 Å². The smallest absolute Gasteiger partial charge is 0.244 e. The van der Waals surface area contributed by atoms with E-state index in [1.54, 1.807) is 27.9 Å². The van der Waals surface area contributed by atoms with E-state index < -0.39 is 5.41 Å². The lowest BCUT2D eigenvalue weighted by Crippen LogP contribution is -2.45. The first-order chi connectivity index (χ1) is 14.6. The van der Waals surface area contributed by atoms with Crippen molar-refractivity contribution in [2.45, 2.75) is 24.8 Å². The number of halogens is 1. The molecule has 0 atom stereocenters. The molecule has 3 heterocycles. The predicted octanol–water partition coefficient (Wildman–Crippen LogP) is 2.08. The van der Waals surface area contributed by atoms with E-state index in [1.807, 2.05) is 18.2 Å². The molecular weight excluding hydrogens is 408 g/mol. The fraction of sp³-hybridized carbons (Fsp3) is 0.476. The van der Waals surface area contributed by atoms with E-state index in [-0.39, 0.29) is 18.4 Å². The van der Waals surface area contributed by atoms with Gasteiger partial charge in [-0.1, -0.05) is 29.8 Å². The molecule has 2 aromatic rings. The quantitative estimate of drug-likeness (QED) is 0.781. The largest absolute Gasteiger partial charge is 0.381 e. The number of nitrogens with zero attached hydrogens (tertiary/aromatic N) is 3. The van der Waals surface area contributed by atoms with E-state index in [4.69, 9.17) is 21.1 Å². The molecule has 0 spiro atoms. The van der Waals surface area contributed by atoms with Gasteiger partial charge in [-0.15, -0.1) is 0 Å². The van der Waals surface area contributed by atoms with Gasteiger partial charge in [0.2, 0.25) is 11.8 Å². The monoisotopic (exact) mass is 432 g/mol. The number of anilines is 1. The minimum atomic E-state index is -0.774. The van der Waals surface area contributed by atoms with Gasteiger partial charge in [0.05, 0.1) is 18.6 Å². The lowest BCUT2D eigenvalue weighted by molar-refractivity contribution is -0.136. The first kappa shape index (κ1) is 20.8. The number of nitrogens with one attached hydrogen (secondary N) is 1. The van der Waals surface area contributed by atoms with Gasteiger partial charge in [-0.05, 0) is 24.5 Å². The zero-order valence-electron chi connectivity index (χ0n) is 16.7. The number of aromatic nitrogens is 2. The SMILES string of the molecule is O=C(Cn1ccc(NC(=O)C2(c3ccccc3Cl)CCOCC2)n1)N1CCOCC1. The number of ether oxygens (including phenoxy) is 2. The fourth-order valence-electron chi connectivity index (χ4n) is 3.99. The zero-order chi connectivity index (χ0) is 21.0. The second-order valence-electron chi connectivity index (χ2n) is 7.52. The number of amides is 2. The van der Waals surface area contributed by atoms with Crippen molar-refractivity contribution in [3.8, 4) is 0 Å². The normalized spacial score (nSPS) is 18.8. The molecule has 0 bridgehead atoms. The van der Waals surface area contributed by atoms with Gasteiger partial charge in [-0.3, -0.25) is 14.3 Å². The Labute approximate surface area is 180 Å². The van der Waals surface area contributed by atoms with Gasteiger partial charge in [-0.25, -0.2) is 0 Å². The van der Waals surface area contributed by atoms with Crippen molar-refractivity contribution >= 4 is 29.2 Å². The third kappa shape index (κ3) is 4.35. The molecule has 2 aliphatic rings. The summed E-state index contributed by atoms with van der Waals surface area (Å²) in [4.78, 5) is 27.5. The van der Waals surface area contributed by atoms with Crippen LogP contribution in [0, 0.1) is 0 Å². The standard InChI is InChI=1S/C21H25ClN4O4/c22-17-4-2-1-3-16(17)21(6-11-29-12-7-21)20(28)23-18-5-8-26(24-18)15-19(27)25-9-13-30-14-10-25/h1-5,8H,6-7,9-15H2,(H,23,24,28). The highest BCUT2D eigenvalue weighted by Gasteiger charge is 2.43. The number of rotatable bonds is 5. The highest BCUT2D eigenvalue weighted by Crippen LogP contribution is 2.39. The molecule has 0 saturated carbocycles. The third-order valence-electron chi connectivity index (χ3n) is 5.71. The maximum absolute atomic E-state index is 13.4. The van der Waals surface area contributed by atoms with Crippen molar-refractivity contribution in [2.75, 3.05) is 44.8 Å². The summed E-state index contributed by atoms with van der Waals surface area (Å²) in [5.41, 5.74) is 0.0265. The van der Waals surface area contributed by atoms with Crippen LogP contribution in [-0.4, -0.2) is 66.0 Å². The molecule has 30 heavy (non-hydrogen) atoms. The molecule has 1 aromatic carbocycles. The molecule has 0 unspecified atom stereocenters. The summed E-state index contributed by atoms with van der Waals surface area (Å²) in [6.07, 6.45) is 2.78. The first-order valence-corrected chi connectivity index (χ1v) is 10.5. The van der Waals surface area contributed by atoms with E-state index in [2.05, 4.69) is 10.4 Å².